The van der Waals surface area contributed by atoms with Gasteiger partial charge in [0.2, 0.25) is 5.91 Å². The Morgan fingerprint density at radius 2 is 1.97 bits per heavy atom. The van der Waals surface area contributed by atoms with E-state index in [1.54, 1.807) is 35.2 Å². The number of anilines is 1. The molecule has 0 saturated carbocycles. The molecule has 1 heterocycles. The molecule has 0 aliphatic carbocycles. The number of nitrogens with one attached hydrogen (secondary N) is 1. The van der Waals surface area contributed by atoms with Gasteiger partial charge in [0.25, 0.3) is 5.91 Å². The van der Waals surface area contributed by atoms with Crippen LogP contribution in [0.25, 0.3) is 0 Å². The summed E-state index contributed by atoms with van der Waals surface area (Å²) in [6, 6.07) is 11.3. The predicted octanol–water partition coefficient (Wildman–Crippen LogP) is 3.92. The first-order valence-corrected chi connectivity index (χ1v) is 11.4. The number of hydrogen-bond acceptors (Lipinski definition) is 4. The van der Waals surface area contributed by atoms with Gasteiger partial charge in [0.1, 0.15) is 11.6 Å². The Bertz CT molecular complexity index is 929. The second-order valence-corrected chi connectivity index (χ2v) is 8.41. The van der Waals surface area contributed by atoms with E-state index >= 15 is 0 Å². The zero-order valence-electron chi connectivity index (χ0n) is 17.1. The van der Waals surface area contributed by atoms with Crippen molar-refractivity contribution in [3.63, 3.8) is 0 Å². The van der Waals surface area contributed by atoms with E-state index < -0.39 is 0 Å². The Morgan fingerprint density at radius 1 is 1.23 bits per heavy atom. The van der Waals surface area contributed by atoms with Gasteiger partial charge in [-0.25, -0.2) is 4.39 Å². The Hall–Kier alpha value is -2.16. The maximum absolute atomic E-state index is 13.1. The fourth-order valence-corrected chi connectivity index (χ4v) is 3.84. The first-order chi connectivity index (χ1) is 14.9. The number of carbonyl (C=O) groups excluding carboxylic acids is 2. The molecule has 0 radical (unpaired) electrons. The lowest BCUT2D eigenvalue weighted by Crippen LogP contribution is -2.54. The van der Waals surface area contributed by atoms with Crippen LogP contribution in [0.3, 0.4) is 0 Å². The summed E-state index contributed by atoms with van der Waals surface area (Å²) in [5, 5.41) is 3.28. The number of carbonyl (C=O) groups is 2. The van der Waals surface area contributed by atoms with Crippen LogP contribution >= 0.6 is 27.5 Å². The molecule has 1 atom stereocenters. The van der Waals surface area contributed by atoms with E-state index in [9.17, 15) is 14.0 Å². The third-order valence-electron chi connectivity index (χ3n) is 5.04. The number of rotatable bonds is 7. The lowest BCUT2D eigenvalue weighted by Gasteiger charge is -2.39. The number of ether oxygens (including phenoxy) is 1. The molecular formula is C22H24BrClFN3O3. The normalized spacial score (nSPS) is 16.8. The summed E-state index contributed by atoms with van der Waals surface area (Å²) >= 11 is 9.11. The number of halogens is 3. The van der Waals surface area contributed by atoms with E-state index in [4.69, 9.17) is 16.3 Å². The van der Waals surface area contributed by atoms with Gasteiger partial charge in [0, 0.05) is 37.2 Å². The molecule has 0 bridgehead atoms. The van der Waals surface area contributed by atoms with Gasteiger partial charge in [-0.05, 0) is 42.8 Å². The Kier molecular flexibility index (Phi) is 8.28. The van der Waals surface area contributed by atoms with Crippen LogP contribution < -0.4 is 10.1 Å². The highest BCUT2D eigenvalue weighted by Gasteiger charge is 2.27. The highest BCUT2D eigenvalue weighted by molar-refractivity contribution is 9.09. The maximum Gasteiger partial charge on any atom is 0.260 e. The number of piperazine rings is 1. The van der Waals surface area contributed by atoms with Crippen molar-refractivity contribution < 1.29 is 18.7 Å². The summed E-state index contributed by atoms with van der Waals surface area (Å²) in [7, 11) is 0. The molecule has 9 heteroatoms. The molecule has 2 amide bonds. The fourth-order valence-electron chi connectivity index (χ4n) is 3.53. The SMILES string of the molecule is C[C@@H]1CN(Cc2ccc(F)cc2)CCN1C(=O)COc1ccc(Cl)cc1NC(=O)CBr. The molecule has 3 rings (SSSR count). The van der Waals surface area contributed by atoms with Crippen molar-refractivity contribution in [2.24, 2.45) is 0 Å². The average molecular weight is 513 g/mol. The molecule has 0 spiro atoms. The zero-order chi connectivity index (χ0) is 22.4. The summed E-state index contributed by atoms with van der Waals surface area (Å²) in [6.45, 7) is 4.60. The molecule has 0 unspecified atom stereocenters. The van der Waals surface area contributed by atoms with E-state index in [2.05, 4.69) is 26.1 Å². The molecule has 6 nitrogen and oxygen atoms in total. The third kappa shape index (κ3) is 6.66. The highest BCUT2D eigenvalue weighted by Crippen LogP contribution is 2.28. The van der Waals surface area contributed by atoms with Crippen LogP contribution in [-0.2, 0) is 16.1 Å². The Morgan fingerprint density at radius 3 is 2.65 bits per heavy atom. The lowest BCUT2D eigenvalue weighted by atomic mass is 10.1. The van der Waals surface area contributed by atoms with E-state index in [0.717, 1.165) is 18.7 Å². The van der Waals surface area contributed by atoms with Gasteiger partial charge in [-0.3, -0.25) is 14.5 Å². The molecule has 1 saturated heterocycles. The smallest absolute Gasteiger partial charge is 0.260 e. The predicted molar refractivity (Wildman–Crippen MR) is 122 cm³/mol. The van der Waals surface area contributed by atoms with E-state index in [-0.39, 0.29) is 35.6 Å². The standard InChI is InChI=1S/C22H24BrClFN3O3/c1-15-12-27(13-16-2-5-18(25)6-3-16)8-9-28(15)22(30)14-31-20-7-4-17(24)10-19(20)26-21(29)11-23/h2-7,10,15H,8-9,11-14H2,1H3,(H,26,29)/t15-/m1/s1. The molecule has 1 N–H and O–H groups in total. The van der Waals surface area contributed by atoms with Crippen LogP contribution in [0.15, 0.2) is 42.5 Å². The van der Waals surface area contributed by atoms with Crippen molar-refractivity contribution in [2.45, 2.75) is 19.5 Å². The van der Waals surface area contributed by atoms with Crippen molar-refractivity contribution >= 4 is 45.0 Å². The van der Waals surface area contributed by atoms with Crippen LogP contribution in [0.4, 0.5) is 10.1 Å². The monoisotopic (exact) mass is 511 g/mol. The topological polar surface area (TPSA) is 61.9 Å². The largest absolute Gasteiger partial charge is 0.482 e. The highest BCUT2D eigenvalue weighted by atomic mass is 79.9. The molecule has 2 aromatic carbocycles. The quantitative estimate of drug-likeness (QED) is 0.571. The third-order valence-corrected chi connectivity index (χ3v) is 5.78. The van der Waals surface area contributed by atoms with Gasteiger partial charge >= 0.3 is 0 Å². The lowest BCUT2D eigenvalue weighted by molar-refractivity contribution is -0.138. The molecular weight excluding hydrogens is 489 g/mol. The molecule has 1 fully saturated rings. The van der Waals surface area contributed by atoms with Crippen molar-refractivity contribution in [3.05, 3.63) is 58.9 Å². The minimum atomic E-state index is -0.247. The molecule has 2 aromatic rings. The first kappa shape index (κ1) is 23.5. The summed E-state index contributed by atoms with van der Waals surface area (Å²) in [6.07, 6.45) is 0. The summed E-state index contributed by atoms with van der Waals surface area (Å²) in [5.74, 6) is -0.233. The average Bonchev–Trinajstić information content (AvgIpc) is 2.74. The van der Waals surface area contributed by atoms with E-state index in [1.165, 1.54) is 12.1 Å². The number of nitrogens with zero attached hydrogens (tertiary/aromatic N) is 2. The minimum absolute atomic E-state index is 0.0167. The van der Waals surface area contributed by atoms with Crippen molar-refractivity contribution in [1.29, 1.82) is 0 Å². The van der Waals surface area contributed by atoms with Crippen molar-refractivity contribution in [1.82, 2.24) is 9.80 Å². The van der Waals surface area contributed by atoms with E-state index in [1.807, 2.05) is 6.92 Å². The Labute approximate surface area is 194 Å². The molecule has 1 aliphatic heterocycles. The van der Waals surface area contributed by atoms with Gasteiger partial charge in [0.15, 0.2) is 6.61 Å². The first-order valence-electron chi connectivity index (χ1n) is 9.90. The maximum atomic E-state index is 13.1. The van der Waals surface area contributed by atoms with E-state index in [0.29, 0.717) is 29.5 Å². The van der Waals surface area contributed by atoms with Gasteiger partial charge in [-0.15, -0.1) is 0 Å². The van der Waals surface area contributed by atoms with Crippen LogP contribution in [0.1, 0.15) is 12.5 Å². The van der Waals surface area contributed by atoms with Gasteiger partial charge < -0.3 is 15.0 Å². The second-order valence-electron chi connectivity index (χ2n) is 7.41. The second kappa shape index (κ2) is 10.9. The van der Waals surface area contributed by atoms with Crippen LogP contribution in [-0.4, -0.2) is 59.2 Å². The summed E-state index contributed by atoms with van der Waals surface area (Å²) in [4.78, 5) is 28.5. The molecule has 0 aromatic heterocycles. The van der Waals surface area contributed by atoms with Gasteiger partial charge in [-0.2, -0.15) is 0 Å². The molecule has 166 valence electrons. The number of alkyl halides is 1. The van der Waals surface area contributed by atoms with Crippen LogP contribution in [0.2, 0.25) is 5.02 Å². The zero-order valence-corrected chi connectivity index (χ0v) is 19.5. The number of hydrogen-bond donors (Lipinski definition) is 1. The fraction of sp³-hybridized carbons (Fsp3) is 0.364. The van der Waals surface area contributed by atoms with Crippen LogP contribution in [0, 0.1) is 5.82 Å². The van der Waals surface area contributed by atoms with Crippen molar-refractivity contribution in [2.75, 3.05) is 36.9 Å². The summed E-state index contributed by atoms with van der Waals surface area (Å²) in [5.41, 5.74) is 1.46. The summed E-state index contributed by atoms with van der Waals surface area (Å²) < 4.78 is 18.8. The molecule has 1 aliphatic rings. The minimum Gasteiger partial charge on any atom is -0.482 e. The Balaban J connectivity index is 1.54. The number of benzene rings is 2. The van der Waals surface area contributed by atoms with Gasteiger partial charge in [0.05, 0.1) is 11.0 Å². The number of amides is 2. The molecule has 31 heavy (non-hydrogen) atoms. The van der Waals surface area contributed by atoms with Crippen LogP contribution in [0.5, 0.6) is 5.75 Å². The van der Waals surface area contributed by atoms with Gasteiger partial charge in [-0.1, -0.05) is 39.7 Å². The van der Waals surface area contributed by atoms with Crippen molar-refractivity contribution in [3.8, 4) is 5.75 Å².